The molecule has 0 aliphatic rings. The predicted octanol–water partition coefficient (Wildman–Crippen LogP) is 3.21. The van der Waals surface area contributed by atoms with E-state index in [0.29, 0.717) is 24.0 Å². The maximum Gasteiger partial charge on any atom is 0.194 e. The van der Waals surface area contributed by atoms with Crippen molar-refractivity contribution in [1.82, 2.24) is 19.7 Å². The van der Waals surface area contributed by atoms with Crippen LogP contribution in [0.2, 0.25) is 0 Å². The minimum atomic E-state index is 0.289. The molecule has 0 aliphatic carbocycles. The first-order valence-corrected chi connectivity index (χ1v) is 8.53. The number of nitrogens with zero attached hydrogens (tertiary/aromatic N) is 4. The smallest absolute Gasteiger partial charge is 0.194 e. The molecule has 0 spiro atoms. The molecule has 0 amide bonds. The number of hydrogen-bond acceptors (Lipinski definition) is 6. The molecular formula is C19H24N4O3. The van der Waals surface area contributed by atoms with Gasteiger partial charge in [0.1, 0.15) is 23.9 Å². The van der Waals surface area contributed by atoms with Crippen molar-refractivity contribution in [3.8, 4) is 23.1 Å². The Labute approximate surface area is 153 Å². The van der Waals surface area contributed by atoms with E-state index in [0.717, 1.165) is 23.8 Å². The van der Waals surface area contributed by atoms with E-state index in [-0.39, 0.29) is 6.61 Å². The van der Waals surface area contributed by atoms with Crippen LogP contribution in [0.3, 0.4) is 0 Å². The number of methoxy groups -OCH3 is 1. The number of aryl methyl sites for hydroxylation is 1. The van der Waals surface area contributed by atoms with Gasteiger partial charge in [-0.2, -0.15) is 5.10 Å². The van der Waals surface area contributed by atoms with Crippen molar-refractivity contribution in [2.75, 3.05) is 21.2 Å². The number of furan rings is 1. The van der Waals surface area contributed by atoms with Crippen LogP contribution in [0.5, 0.6) is 11.5 Å². The third kappa shape index (κ3) is 4.23. The maximum absolute atomic E-state index is 5.90. The van der Waals surface area contributed by atoms with Crippen LogP contribution < -0.4 is 9.47 Å². The van der Waals surface area contributed by atoms with Gasteiger partial charge in [-0.15, -0.1) is 0 Å². The summed E-state index contributed by atoms with van der Waals surface area (Å²) in [7, 11) is 5.65. The molecule has 0 atom stereocenters. The van der Waals surface area contributed by atoms with E-state index in [4.69, 9.17) is 13.9 Å². The van der Waals surface area contributed by atoms with Crippen LogP contribution in [0.1, 0.15) is 18.5 Å². The standard InChI is InChI=1S/C19H24N4O3/c1-5-23-19(17-11-10-16(26-17)12-22(2)3)20-18(21-23)13-25-15-8-6-14(24-4)7-9-15/h6-11H,5,12-13H2,1-4H3. The fourth-order valence-corrected chi connectivity index (χ4v) is 2.57. The van der Waals surface area contributed by atoms with Crippen LogP contribution in [0.25, 0.3) is 11.6 Å². The largest absolute Gasteiger partial charge is 0.497 e. The van der Waals surface area contributed by atoms with Crippen LogP contribution in [0.4, 0.5) is 0 Å². The van der Waals surface area contributed by atoms with Gasteiger partial charge in [-0.1, -0.05) is 0 Å². The summed E-state index contributed by atoms with van der Waals surface area (Å²) in [6.07, 6.45) is 0. The lowest BCUT2D eigenvalue weighted by atomic mass is 10.3. The Morgan fingerprint density at radius 1 is 1.08 bits per heavy atom. The van der Waals surface area contributed by atoms with Gasteiger partial charge in [0.05, 0.1) is 13.7 Å². The topological polar surface area (TPSA) is 65.6 Å². The third-order valence-electron chi connectivity index (χ3n) is 3.80. The van der Waals surface area contributed by atoms with E-state index >= 15 is 0 Å². The van der Waals surface area contributed by atoms with Gasteiger partial charge >= 0.3 is 0 Å². The van der Waals surface area contributed by atoms with Crippen molar-refractivity contribution < 1.29 is 13.9 Å². The Balaban J connectivity index is 1.72. The summed E-state index contributed by atoms with van der Waals surface area (Å²) in [5, 5.41) is 4.51. The van der Waals surface area contributed by atoms with Crippen LogP contribution in [0.15, 0.2) is 40.8 Å². The quantitative estimate of drug-likeness (QED) is 0.617. The Morgan fingerprint density at radius 2 is 1.81 bits per heavy atom. The molecule has 0 unspecified atom stereocenters. The Morgan fingerprint density at radius 3 is 2.46 bits per heavy atom. The second-order valence-electron chi connectivity index (χ2n) is 6.14. The molecule has 7 heteroatoms. The first-order chi connectivity index (χ1) is 12.6. The van der Waals surface area contributed by atoms with Gasteiger partial charge in [0.15, 0.2) is 17.4 Å². The number of hydrogen-bond donors (Lipinski definition) is 0. The summed E-state index contributed by atoms with van der Waals surface area (Å²) >= 11 is 0. The second-order valence-corrected chi connectivity index (χ2v) is 6.14. The van der Waals surface area contributed by atoms with Gasteiger partial charge in [-0.3, -0.25) is 0 Å². The van der Waals surface area contributed by atoms with E-state index in [1.165, 1.54) is 0 Å². The molecule has 1 aromatic carbocycles. The zero-order valence-electron chi connectivity index (χ0n) is 15.6. The Bertz CT molecular complexity index is 837. The molecule has 0 saturated heterocycles. The van der Waals surface area contributed by atoms with E-state index in [1.807, 2.05) is 62.1 Å². The number of ether oxygens (including phenoxy) is 2. The van der Waals surface area contributed by atoms with Crippen molar-refractivity contribution >= 4 is 0 Å². The molecule has 0 radical (unpaired) electrons. The molecule has 3 aromatic rings. The minimum absolute atomic E-state index is 0.289. The fourth-order valence-electron chi connectivity index (χ4n) is 2.57. The lowest BCUT2D eigenvalue weighted by Gasteiger charge is -2.05. The van der Waals surface area contributed by atoms with Crippen LogP contribution >= 0.6 is 0 Å². The van der Waals surface area contributed by atoms with Gasteiger partial charge in [-0.25, -0.2) is 9.67 Å². The summed E-state index contributed by atoms with van der Waals surface area (Å²) in [6.45, 7) is 3.76. The average molecular weight is 356 g/mol. The zero-order valence-corrected chi connectivity index (χ0v) is 15.6. The zero-order chi connectivity index (χ0) is 18.5. The average Bonchev–Trinajstić information content (AvgIpc) is 3.26. The summed E-state index contributed by atoms with van der Waals surface area (Å²) in [6, 6.07) is 11.3. The summed E-state index contributed by atoms with van der Waals surface area (Å²) < 4.78 is 18.6. The van der Waals surface area contributed by atoms with Crippen molar-refractivity contribution in [2.45, 2.75) is 26.6 Å². The van der Waals surface area contributed by atoms with Crippen LogP contribution in [0, 0.1) is 0 Å². The van der Waals surface area contributed by atoms with E-state index in [9.17, 15) is 0 Å². The SMILES string of the molecule is CCn1nc(COc2ccc(OC)cc2)nc1-c1ccc(CN(C)C)o1. The molecule has 3 rings (SSSR count). The molecule has 7 nitrogen and oxygen atoms in total. The Hall–Kier alpha value is -2.80. The molecule has 0 saturated carbocycles. The molecule has 0 N–H and O–H groups in total. The molecule has 0 bridgehead atoms. The van der Waals surface area contributed by atoms with E-state index in [1.54, 1.807) is 7.11 Å². The number of benzene rings is 1. The van der Waals surface area contributed by atoms with Crippen LogP contribution in [-0.2, 0) is 19.7 Å². The lowest BCUT2D eigenvalue weighted by molar-refractivity contribution is 0.294. The minimum Gasteiger partial charge on any atom is -0.497 e. The van der Waals surface area contributed by atoms with Crippen molar-refractivity contribution in [3.63, 3.8) is 0 Å². The van der Waals surface area contributed by atoms with Crippen molar-refractivity contribution in [1.29, 1.82) is 0 Å². The highest BCUT2D eigenvalue weighted by Crippen LogP contribution is 2.22. The number of aromatic nitrogens is 3. The highest BCUT2D eigenvalue weighted by Gasteiger charge is 2.15. The fraction of sp³-hybridized carbons (Fsp3) is 0.368. The first-order valence-electron chi connectivity index (χ1n) is 8.53. The van der Waals surface area contributed by atoms with E-state index < -0.39 is 0 Å². The highest BCUT2D eigenvalue weighted by molar-refractivity contribution is 5.47. The van der Waals surface area contributed by atoms with Gasteiger partial charge in [0, 0.05) is 6.54 Å². The van der Waals surface area contributed by atoms with Gasteiger partial charge < -0.3 is 18.8 Å². The summed E-state index contributed by atoms with van der Waals surface area (Å²) in [5.74, 6) is 4.47. The predicted molar refractivity (Wildman–Crippen MR) is 98.1 cm³/mol. The molecule has 138 valence electrons. The normalized spacial score (nSPS) is 11.1. The van der Waals surface area contributed by atoms with Gasteiger partial charge in [-0.05, 0) is 57.4 Å². The second kappa shape index (κ2) is 8.05. The molecular weight excluding hydrogens is 332 g/mol. The number of rotatable bonds is 8. The molecule has 2 aromatic heterocycles. The molecule has 2 heterocycles. The van der Waals surface area contributed by atoms with Crippen LogP contribution in [-0.4, -0.2) is 40.9 Å². The monoisotopic (exact) mass is 356 g/mol. The van der Waals surface area contributed by atoms with E-state index in [2.05, 4.69) is 15.0 Å². The van der Waals surface area contributed by atoms with Gasteiger partial charge in [0.2, 0.25) is 0 Å². The first kappa shape index (κ1) is 18.0. The Kier molecular flexibility index (Phi) is 5.58. The lowest BCUT2D eigenvalue weighted by Crippen LogP contribution is -2.09. The van der Waals surface area contributed by atoms with Crippen molar-refractivity contribution in [3.05, 3.63) is 48.0 Å². The summed E-state index contributed by atoms with van der Waals surface area (Å²) in [4.78, 5) is 6.64. The highest BCUT2D eigenvalue weighted by atomic mass is 16.5. The molecule has 0 fully saturated rings. The third-order valence-corrected chi connectivity index (χ3v) is 3.80. The van der Waals surface area contributed by atoms with Gasteiger partial charge in [0.25, 0.3) is 0 Å². The molecule has 26 heavy (non-hydrogen) atoms. The molecule has 0 aliphatic heterocycles. The van der Waals surface area contributed by atoms with Crippen molar-refractivity contribution in [2.24, 2.45) is 0 Å². The summed E-state index contributed by atoms with van der Waals surface area (Å²) in [5.41, 5.74) is 0. The maximum atomic E-state index is 5.90.